The summed E-state index contributed by atoms with van der Waals surface area (Å²) in [4.78, 5) is 0. The molecule has 0 heteroatoms. The molecule has 0 saturated carbocycles. The van der Waals surface area contributed by atoms with Gasteiger partial charge in [-0.1, -0.05) is 76.6 Å². The zero-order chi connectivity index (χ0) is 15.1. The third kappa shape index (κ3) is 9.07. The predicted octanol–water partition coefficient (Wildman–Crippen LogP) is 6.45. The first kappa shape index (κ1) is 19.8. The van der Waals surface area contributed by atoms with E-state index < -0.39 is 0 Å². The van der Waals surface area contributed by atoms with Gasteiger partial charge < -0.3 is 0 Å². The second-order valence-corrected chi connectivity index (χ2v) is 4.00. The summed E-state index contributed by atoms with van der Waals surface area (Å²) in [6.45, 7) is 18.3. The molecule has 0 nitrogen and oxygen atoms in total. The molecule has 0 aliphatic carbocycles. The van der Waals surface area contributed by atoms with Crippen LogP contribution in [0.2, 0.25) is 0 Å². The van der Waals surface area contributed by atoms with Crippen molar-refractivity contribution in [3.8, 4) is 0 Å². The van der Waals surface area contributed by atoms with Crippen LogP contribution in [0, 0.1) is 0 Å². The molecular weight excluding hydrogens is 228 g/mol. The standard InChI is InChI=1S/C13H16.C4H10.C2H4/c1-4-11-7-9-13(10-8-11)12(5-2)6-3;1-3-4-2;1-2/h5-10H,2,4H2,1,3H3;3-4H2,1-2H3;1-2H2/b12-6+;;. The molecule has 0 spiro atoms. The first-order valence-electron chi connectivity index (χ1n) is 7.11. The van der Waals surface area contributed by atoms with E-state index in [0.29, 0.717) is 0 Å². The molecule has 1 rings (SSSR count). The van der Waals surface area contributed by atoms with Gasteiger partial charge in [0.15, 0.2) is 0 Å². The SMILES string of the molecule is C=C.C=C/C(=C\C)c1ccc(CC)cc1.CCCC. The molecule has 0 radical (unpaired) electrons. The van der Waals surface area contributed by atoms with Crippen molar-refractivity contribution >= 4 is 5.57 Å². The lowest BCUT2D eigenvalue weighted by Crippen LogP contribution is -1.83. The van der Waals surface area contributed by atoms with E-state index in [4.69, 9.17) is 0 Å². The molecule has 0 amide bonds. The number of unbranched alkanes of at least 4 members (excludes halogenated alkanes) is 1. The van der Waals surface area contributed by atoms with Crippen molar-refractivity contribution < 1.29 is 0 Å². The fourth-order valence-corrected chi connectivity index (χ4v) is 1.34. The molecular formula is C19H30. The number of benzene rings is 1. The van der Waals surface area contributed by atoms with Crippen LogP contribution in [0.1, 0.15) is 51.7 Å². The summed E-state index contributed by atoms with van der Waals surface area (Å²) in [5.41, 5.74) is 3.82. The van der Waals surface area contributed by atoms with E-state index in [-0.39, 0.29) is 0 Å². The average Bonchev–Trinajstić information content (AvgIpc) is 2.51. The van der Waals surface area contributed by atoms with E-state index in [2.05, 4.69) is 70.8 Å². The second-order valence-electron chi connectivity index (χ2n) is 4.00. The fourth-order valence-electron chi connectivity index (χ4n) is 1.34. The molecule has 0 N–H and O–H groups in total. The molecule has 0 aromatic heterocycles. The van der Waals surface area contributed by atoms with Crippen molar-refractivity contribution in [2.24, 2.45) is 0 Å². The summed E-state index contributed by atoms with van der Waals surface area (Å²) in [5, 5.41) is 0. The number of hydrogen-bond donors (Lipinski definition) is 0. The van der Waals surface area contributed by atoms with Gasteiger partial charge in [-0.25, -0.2) is 0 Å². The lowest BCUT2D eigenvalue weighted by atomic mass is 10.0. The van der Waals surface area contributed by atoms with E-state index in [1.54, 1.807) is 0 Å². The molecule has 0 fully saturated rings. The topological polar surface area (TPSA) is 0 Å². The van der Waals surface area contributed by atoms with E-state index in [0.717, 1.165) is 6.42 Å². The Morgan fingerprint density at radius 3 is 1.74 bits per heavy atom. The Labute approximate surface area is 120 Å². The third-order valence-electron chi connectivity index (χ3n) is 2.73. The van der Waals surface area contributed by atoms with Crippen LogP contribution < -0.4 is 0 Å². The molecule has 19 heavy (non-hydrogen) atoms. The molecule has 0 bridgehead atoms. The molecule has 1 aromatic rings. The van der Waals surface area contributed by atoms with Gasteiger partial charge in [0.05, 0.1) is 0 Å². The normalized spacial score (nSPS) is 9.58. The lowest BCUT2D eigenvalue weighted by molar-refractivity contribution is 0.886. The molecule has 0 atom stereocenters. The van der Waals surface area contributed by atoms with Crippen LogP contribution in [-0.4, -0.2) is 0 Å². The predicted molar refractivity (Wildman–Crippen MR) is 91.5 cm³/mol. The molecule has 0 aliphatic heterocycles. The Balaban J connectivity index is 0. The summed E-state index contributed by atoms with van der Waals surface area (Å²) in [6.07, 6.45) is 7.70. The quantitative estimate of drug-likeness (QED) is 0.430. The molecule has 0 heterocycles. The number of hydrogen-bond acceptors (Lipinski definition) is 0. The van der Waals surface area contributed by atoms with Crippen molar-refractivity contribution in [1.29, 1.82) is 0 Å². The highest BCUT2D eigenvalue weighted by Gasteiger charge is 1.95. The van der Waals surface area contributed by atoms with Gasteiger partial charge in [-0.2, -0.15) is 0 Å². The Kier molecular flexibility index (Phi) is 15.1. The number of rotatable bonds is 4. The van der Waals surface area contributed by atoms with Crippen LogP contribution in [-0.2, 0) is 6.42 Å². The van der Waals surface area contributed by atoms with Crippen molar-refractivity contribution in [1.82, 2.24) is 0 Å². The van der Waals surface area contributed by atoms with Gasteiger partial charge in [0, 0.05) is 0 Å². The maximum absolute atomic E-state index is 3.78. The van der Waals surface area contributed by atoms with Crippen LogP contribution in [0.3, 0.4) is 0 Å². The van der Waals surface area contributed by atoms with E-state index in [9.17, 15) is 0 Å². The average molecular weight is 258 g/mol. The van der Waals surface area contributed by atoms with Crippen LogP contribution in [0.15, 0.2) is 56.2 Å². The van der Waals surface area contributed by atoms with Crippen LogP contribution in [0.4, 0.5) is 0 Å². The minimum Gasteiger partial charge on any atom is -0.106 e. The maximum Gasteiger partial charge on any atom is -0.0187 e. The van der Waals surface area contributed by atoms with Crippen molar-refractivity contribution in [2.45, 2.75) is 47.0 Å². The van der Waals surface area contributed by atoms with Gasteiger partial charge in [-0.3, -0.25) is 0 Å². The van der Waals surface area contributed by atoms with Crippen LogP contribution in [0.5, 0.6) is 0 Å². The first-order valence-corrected chi connectivity index (χ1v) is 7.11. The Hall–Kier alpha value is -1.56. The highest BCUT2D eigenvalue weighted by atomic mass is 14.0. The van der Waals surface area contributed by atoms with Crippen molar-refractivity contribution in [3.05, 3.63) is 67.3 Å². The van der Waals surface area contributed by atoms with E-state index in [1.165, 1.54) is 29.5 Å². The van der Waals surface area contributed by atoms with Gasteiger partial charge in [0.1, 0.15) is 0 Å². The number of allylic oxidation sites excluding steroid dienone is 3. The third-order valence-corrected chi connectivity index (χ3v) is 2.73. The first-order chi connectivity index (χ1) is 9.23. The van der Waals surface area contributed by atoms with Crippen LogP contribution in [0.25, 0.3) is 5.57 Å². The second kappa shape index (κ2) is 14.5. The van der Waals surface area contributed by atoms with Crippen LogP contribution >= 0.6 is 0 Å². The number of aryl methyl sites for hydroxylation is 1. The van der Waals surface area contributed by atoms with Gasteiger partial charge in [0.25, 0.3) is 0 Å². The van der Waals surface area contributed by atoms with E-state index in [1.807, 2.05) is 13.0 Å². The summed E-state index contributed by atoms with van der Waals surface area (Å²) in [6, 6.07) is 8.64. The Bertz CT molecular complexity index is 339. The van der Waals surface area contributed by atoms with Gasteiger partial charge in [0.2, 0.25) is 0 Å². The zero-order valence-electron chi connectivity index (χ0n) is 13.2. The Morgan fingerprint density at radius 1 is 1.00 bits per heavy atom. The molecule has 1 aromatic carbocycles. The highest BCUT2D eigenvalue weighted by Crippen LogP contribution is 2.15. The molecule has 0 unspecified atom stereocenters. The van der Waals surface area contributed by atoms with Gasteiger partial charge >= 0.3 is 0 Å². The zero-order valence-corrected chi connectivity index (χ0v) is 13.2. The summed E-state index contributed by atoms with van der Waals surface area (Å²) >= 11 is 0. The smallest absolute Gasteiger partial charge is 0.0187 e. The largest absolute Gasteiger partial charge is 0.106 e. The summed E-state index contributed by atoms with van der Waals surface area (Å²) in [5.74, 6) is 0. The van der Waals surface area contributed by atoms with Gasteiger partial charge in [-0.15, -0.1) is 13.2 Å². The van der Waals surface area contributed by atoms with Gasteiger partial charge in [-0.05, 0) is 30.0 Å². The van der Waals surface area contributed by atoms with Crippen molar-refractivity contribution in [3.63, 3.8) is 0 Å². The maximum atomic E-state index is 3.78. The fraction of sp³-hybridized carbons (Fsp3) is 0.368. The minimum atomic E-state index is 1.10. The van der Waals surface area contributed by atoms with Crippen molar-refractivity contribution in [2.75, 3.05) is 0 Å². The summed E-state index contributed by atoms with van der Waals surface area (Å²) < 4.78 is 0. The Morgan fingerprint density at radius 2 is 1.47 bits per heavy atom. The van der Waals surface area contributed by atoms with E-state index >= 15 is 0 Å². The lowest BCUT2D eigenvalue weighted by Gasteiger charge is -2.02. The summed E-state index contributed by atoms with van der Waals surface area (Å²) in [7, 11) is 0. The molecule has 0 aliphatic rings. The highest BCUT2D eigenvalue weighted by molar-refractivity contribution is 5.73. The minimum absolute atomic E-state index is 1.10. The monoisotopic (exact) mass is 258 g/mol. The molecule has 106 valence electrons. The molecule has 0 saturated heterocycles.